The molecule has 9 nitrogen and oxygen atoms in total. The maximum atomic E-state index is 15.0. The molecule has 1 N–H and O–H groups in total. The molecule has 4 rings (SSSR count). The van der Waals surface area contributed by atoms with Gasteiger partial charge in [-0.25, -0.2) is 9.37 Å². The van der Waals surface area contributed by atoms with Crippen LogP contribution in [0.5, 0.6) is 0 Å². The third-order valence-corrected chi connectivity index (χ3v) is 9.48. The predicted molar refractivity (Wildman–Crippen MR) is 163 cm³/mol. The number of aromatic nitrogens is 3. The lowest BCUT2D eigenvalue weighted by Crippen LogP contribution is -2.52. The summed E-state index contributed by atoms with van der Waals surface area (Å²) in [5, 5.41) is 7.13. The number of unbranched alkanes of at least 4 members (excludes halogenated alkanes) is 2. The number of nitrogens with zero attached hydrogens (tertiary/aromatic N) is 4. The molecular weight excluding hydrogens is 577 g/mol. The van der Waals surface area contributed by atoms with Gasteiger partial charge in [-0.2, -0.15) is 0 Å². The number of likely N-dealkylation sites (tertiary alicyclic amines) is 1. The van der Waals surface area contributed by atoms with Crippen LogP contribution < -0.4 is 5.32 Å². The molecule has 228 valence electrons. The van der Waals surface area contributed by atoms with Crippen LogP contribution in [0.1, 0.15) is 54.3 Å². The number of nitrogens with one attached hydrogen (secondary N) is 1. The second-order valence-electron chi connectivity index (χ2n) is 12.3. The predicted octanol–water partition coefficient (Wildman–Crippen LogP) is 6.20. The molecule has 0 spiro atoms. The monoisotopic (exact) mass is 617 g/mol. The van der Waals surface area contributed by atoms with Crippen molar-refractivity contribution in [3.8, 4) is 11.4 Å². The van der Waals surface area contributed by atoms with Crippen molar-refractivity contribution in [2.24, 2.45) is 5.92 Å². The highest BCUT2D eigenvalue weighted by molar-refractivity contribution is 6.76. The van der Waals surface area contributed by atoms with Crippen molar-refractivity contribution < 1.29 is 23.2 Å². The Hall–Kier alpha value is -2.86. The summed E-state index contributed by atoms with van der Waals surface area (Å²) in [7, 11) is 0.647. The minimum atomic E-state index is -1.33. The van der Waals surface area contributed by atoms with Crippen LogP contribution in [0.3, 0.4) is 0 Å². The van der Waals surface area contributed by atoms with Gasteiger partial charge in [-0.3, -0.25) is 9.59 Å². The number of Topliss-reactive ketones (excluding diaryl/α,β-unsaturated/α-hetero) is 1. The Morgan fingerprint density at radius 2 is 1.95 bits per heavy atom. The Balaban J connectivity index is 1.55. The van der Waals surface area contributed by atoms with Crippen LogP contribution in [0.15, 0.2) is 41.1 Å². The van der Waals surface area contributed by atoms with Crippen LogP contribution in [0.2, 0.25) is 30.8 Å². The number of hydrogen-bond donors (Lipinski definition) is 1. The van der Waals surface area contributed by atoms with E-state index in [0.717, 1.165) is 18.9 Å². The zero-order chi connectivity index (χ0) is 30.3. The molecule has 0 radical (unpaired) electrons. The molecule has 1 atom stereocenters. The topological polar surface area (TPSA) is 102 Å². The van der Waals surface area contributed by atoms with Gasteiger partial charge in [0.05, 0.1) is 23.2 Å². The van der Waals surface area contributed by atoms with Gasteiger partial charge in [-0.05, 0) is 38.1 Å². The lowest BCUT2D eigenvalue weighted by Gasteiger charge is -2.36. The van der Waals surface area contributed by atoms with Gasteiger partial charge in [0.2, 0.25) is 5.91 Å². The number of carbonyl (C=O) groups excluding carboxylic acids is 2. The smallest absolute Gasteiger partial charge is 0.226 e. The van der Waals surface area contributed by atoms with Crippen LogP contribution >= 0.6 is 11.6 Å². The Labute approximate surface area is 252 Å². The maximum absolute atomic E-state index is 15.0. The van der Waals surface area contributed by atoms with E-state index in [0.29, 0.717) is 61.7 Å². The van der Waals surface area contributed by atoms with Crippen molar-refractivity contribution in [2.75, 3.05) is 26.7 Å². The molecular formula is C30H41ClFN5O4Si. The summed E-state index contributed by atoms with van der Waals surface area (Å²) in [4.78, 5) is 32.2. The summed E-state index contributed by atoms with van der Waals surface area (Å²) >= 11 is 6.78. The molecule has 1 fully saturated rings. The molecule has 1 saturated heterocycles. The molecule has 1 aliphatic rings. The first-order valence-electron chi connectivity index (χ1n) is 14.5. The van der Waals surface area contributed by atoms with E-state index in [4.69, 9.17) is 20.9 Å². The van der Waals surface area contributed by atoms with E-state index in [1.807, 2.05) is 7.05 Å². The minimum absolute atomic E-state index is 0.0461. The van der Waals surface area contributed by atoms with Gasteiger partial charge >= 0.3 is 0 Å². The quantitative estimate of drug-likeness (QED) is 0.116. The van der Waals surface area contributed by atoms with E-state index in [-0.39, 0.29) is 29.5 Å². The second kappa shape index (κ2) is 14.5. The van der Waals surface area contributed by atoms with Crippen molar-refractivity contribution in [3.05, 3.63) is 59.0 Å². The molecule has 3 aromatic rings. The Bertz CT molecular complexity index is 1340. The molecule has 1 amide bonds. The normalized spacial score (nSPS) is 15.0. The highest BCUT2D eigenvalue weighted by Crippen LogP contribution is 2.34. The van der Waals surface area contributed by atoms with Gasteiger partial charge in [0.25, 0.3) is 0 Å². The number of halogens is 2. The van der Waals surface area contributed by atoms with E-state index in [1.54, 1.807) is 28.8 Å². The molecule has 0 saturated carbocycles. The fourth-order valence-corrected chi connectivity index (χ4v) is 6.08. The van der Waals surface area contributed by atoms with Crippen LogP contribution in [-0.2, 0) is 16.3 Å². The van der Waals surface area contributed by atoms with Gasteiger partial charge in [0, 0.05) is 40.3 Å². The van der Waals surface area contributed by atoms with Gasteiger partial charge in [-0.1, -0.05) is 61.4 Å². The van der Waals surface area contributed by atoms with Crippen molar-refractivity contribution >= 4 is 31.4 Å². The minimum Gasteiger partial charge on any atom is -0.364 e. The first-order chi connectivity index (χ1) is 20.0. The second-order valence-corrected chi connectivity index (χ2v) is 18.2. The fraction of sp³-hybridized carbons (Fsp3) is 0.533. The van der Waals surface area contributed by atoms with Gasteiger partial charge in [-0.15, -0.1) is 0 Å². The molecule has 0 aliphatic carbocycles. The SMILES string of the molecule is CN1CC(C(=O)NC(CCCCCC(=O)c2ccon2)c2c(Cl)nc(-c3ccccc3F)n2COCC[Si](C)(C)C)C1. The van der Waals surface area contributed by atoms with E-state index in [2.05, 4.69) is 40.0 Å². The number of amides is 1. The highest BCUT2D eigenvalue weighted by atomic mass is 35.5. The van der Waals surface area contributed by atoms with Crippen molar-refractivity contribution in [2.45, 2.75) is 70.6 Å². The Morgan fingerprint density at radius 3 is 2.62 bits per heavy atom. The number of ketones is 1. The molecule has 1 unspecified atom stereocenters. The van der Waals surface area contributed by atoms with Crippen molar-refractivity contribution in [3.63, 3.8) is 0 Å². The maximum Gasteiger partial charge on any atom is 0.226 e. The largest absolute Gasteiger partial charge is 0.364 e. The lowest BCUT2D eigenvalue weighted by molar-refractivity contribution is -0.130. The van der Waals surface area contributed by atoms with Crippen LogP contribution in [0.25, 0.3) is 11.4 Å². The third kappa shape index (κ3) is 8.59. The number of hydrogen-bond acceptors (Lipinski definition) is 7. The van der Waals surface area contributed by atoms with Crippen molar-refractivity contribution in [1.29, 1.82) is 0 Å². The highest BCUT2D eigenvalue weighted by Gasteiger charge is 2.33. The summed E-state index contributed by atoms with van der Waals surface area (Å²) < 4.78 is 27.6. The summed E-state index contributed by atoms with van der Waals surface area (Å²) in [6, 6.07) is 8.52. The zero-order valence-corrected chi connectivity index (χ0v) is 26.6. The average Bonchev–Trinajstić information content (AvgIpc) is 3.56. The Morgan fingerprint density at radius 1 is 1.19 bits per heavy atom. The average molecular weight is 618 g/mol. The number of benzene rings is 1. The van der Waals surface area contributed by atoms with Crippen molar-refractivity contribution in [1.82, 2.24) is 24.9 Å². The molecule has 3 heterocycles. The first-order valence-corrected chi connectivity index (χ1v) is 18.6. The summed E-state index contributed by atoms with van der Waals surface area (Å²) in [5.41, 5.74) is 1.25. The lowest BCUT2D eigenvalue weighted by atomic mass is 9.98. The number of imidazole rings is 1. The molecule has 1 aromatic carbocycles. The number of rotatable bonds is 16. The zero-order valence-electron chi connectivity index (χ0n) is 24.9. The standard InChI is InChI=1S/C30H41ClFN5O4Si/c1-36-18-21(19-36)30(39)33-25(12-6-5-7-13-26(38)24-14-15-41-35-24)27-28(31)34-29(22-10-8-9-11-23(22)32)37(27)20-40-16-17-42(2,3)4/h8-11,14-15,21,25H,5-7,12-13,16-20H2,1-4H3,(H,33,39). The summed E-state index contributed by atoms with van der Waals surface area (Å²) in [5.74, 6) is -0.262. The van der Waals surface area contributed by atoms with E-state index in [9.17, 15) is 14.0 Å². The van der Waals surface area contributed by atoms with Crippen LogP contribution in [0.4, 0.5) is 4.39 Å². The Kier molecular flexibility index (Phi) is 11.1. The van der Waals surface area contributed by atoms with Crippen LogP contribution in [0, 0.1) is 11.7 Å². The number of ether oxygens (including phenoxy) is 1. The van der Waals surface area contributed by atoms with E-state index < -0.39 is 19.9 Å². The van der Waals surface area contributed by atoms with E-state index >= 15 is 0 Å². The van der Waals surface area contributed by atoms with Gasteiger partial charge in [0.1, 0.15) is 30.3 Å². The molecule has 0 bridgehead atoms. The van der Waals surface area contributed by atoms with E-state index in [1.165, 1.54) is 12.3 Å². The fourth-order valence-electron chi connectivity index (χ4n) is 5.01. The third-order valence-electron chi connectivity index (χ3n) is 7.50. The summed E-state index contributed by atoms with van der Waals surface area (Å²) in [6.07, 6.45) is 4.49. The van der Waals surface area contributed by atoms with Gasteiger partial charge in [0.15, 0.2) is 10.9 Å². The molecule has 1 aliphatic heterocycles. The molecule has 42 heavy (non-hydrogen) atoms. The molecule has 2 aromatic heterocycles. The number of carbonyl (C=O) groups is 2. The van der Waals surface area contributed by atoms with Crippen LogP contribution in [-0.4, -0.2) is 66.1 Å². The summed E-state index contributed by atoms with van der Waals surface area (Å²) in [6.45, 7) is 8.92. The van der Waals surface area contributed by atoms with Gasteiger partial charge < -0.3 is 24.0 Å². The molecule has 12 heteroatoms. The first kappa shape index (κ1) is 32.1.